The number of hydrogen-bond acceptors (Lipinski definition) is 2. The standard InChI is InChI=1S/C18H18N2OS/c1-3-12(2)13-8-10-14(11-9-13)20-17(21)15-6-4-5-7-16(15)19-18(20)22/h4-12H,3H2,1-2H3,(H,19,22). The van der Waals surface area contributed by atoms with E-state index < -0.39 is 0 Å². The van der Waals surface area contributed by atoms with Crippen molar-refractivity contribution in [3.63, 3.8) is 0 Å². The molecule has 1 aromatic heterocycles. The minimum Gasteiger partial charge on any atom is -0.331 e. The third-order valence-electron chi connectivity index (χ3n) is 4.14. The molecule has 3 nitrogen and oxygen atoms in total. The van der Waals surface area contributed by atoms with Crippen molar-refractivity contribution in [1.29, 1.82) is 0 Å². The lowest BCUT2D eigenvalue weighted by Gasteiger charge is -2.11. The van der Waals surface area contributed by atoms with E-state index in [-0.39, 0.29) is 5.56 Å². The molecule has 1 N–H and O–H groups in total. The van der Waals surface area contributed by atoms with Crippen LogP contribution in [0.5, 0.6) is 0 Å². The molecule has 112 valence electrons. The SMILES string of the molecule is CCC(C)c1ccc(-n2c(=S)[nH]c3ccccc3c2=O)cc1. The zero-order valence-corrected chi connectivity index (χ0v) is 13.5. The second-order valence-electron chi connectivity index (χ2n) is 5.52. The Labute approximate surface area is 134 Å². The van der Waals surface area contributed by atoms with Crippen LogP contribution >= 0.6 is 12.2 Å². The smallest absolute Gasteiger partial charge is 0.266 e. The van der Waals surface area contributed by atoms with Gasteiger partial charge in [-0.2, -0.15) is 0 Å². The molecule has 0 fully saturated rings. The first kappa shape index (κ1) is 14.7. The van der Waals surface area contributed by atoms with Crippen molar-refractivity contribution in [2.75, 3.05) is 0 Å². The molecular weight excluding hydrogens is 292 g/mol. The summed E-state index contributed by atoms with van der Waals surface area (Å²) in [5.74, 6) is 0.511. The van der Waals surface area contributed by atoms with Gasteiger partial charge in [-0.05, 0) is 54.4 Å². The Morgan fingerprint density at radius 1 is 1.14 bits per heavy atom. The van der Waals surface area contributed by atoms with E-state index in [1.54, 1.807) is 4.57 Å². The van der Waals surface area contributed by atoms with Gasteiger partial charge in [-0.3, -0.25) is 9.36 Å². The predicted octanol–water partition coefficient (Wildman–Crippen LogP) is 4.56. The van der Waals surface area contributed by atoms with Gasteiger partial charge < -0.3 is 4.98 Å². The van der Waals surface area contributed by atoms with Gasteiger partial charge in [0.1, 0.15) is 0 Å². The average molecular weight is 310 g/mol. The monoisotopic (exact) mass is 310 g/mol. The van der Waals surface area contributed by atoms with E-state index in [0.717, 1.165) is 17.6 Å². The quantitative estimate of drug-likeness (QED) is 0.720. The van der Waals surface area contributed by atoms with E-state index in [1.807, 2.05) is 36.4 Å². The van der Waals surface area contributed by atoms with Gasteiger partial charge in [0.25, 0.3) is 5.56 Å². The molecule has 0 amide bonds. The topological polar surface area (TPSA) is 37.8 Å². The van der Waals surface area contributed by atoms with Crippen molar-refractivity contribution in [2.24, 2.45) is 0 Å². The van der Waals surface area contributed by atoms with Crippen LogP contribution < -0.4 is 5.56 Å². The van der Waals surface area contributed by atoms with Crippen molar-refractivity contribution in [3.05, 3.63) is 69.2 Å². The summed E-state index contributed by atoms with van der Waals surface area (Å²) in [7, 11) is 0. The van der Waals surface area contributed by atoms with Crippen LogP contribution in [0.4, 0.5) is 0 Å². The molecule has 22 heavy (non-hydrogen) atoms. The largest absolute Gasteiger partial charge is 0.331 e. The highest BCUT2D eigenvalue weighted by molar-refractivity contribution is 7.71. The molecule has 3 rings (SSSR count). The van der Waals surface area contributed by atoms with Crippen LogP contribution in [0.3, 0.4) is 0 Å². The second kappa shape index (κ2) is 5.89. The van der Waals surface area contributed by atoms with Crippen molar-refractivity contribution < 1.29 is 0 Å². The van der Waals surface area contributed by atoms with Gasteiger partial charge >= 0.3 is 0 Å². The Balaban J connectivity index is 2.18. The van der Waals surface area contributed by atoms with Crippen LogP contribution in [0, 0.1) is 4.77 Å². The highest BCUT2D eigenvalue weighted by atomic mass is 32.1. The number of H-pyrrole nitrogens is 1. The molecule has 1 unspecified atom stereocenters. The molecular formula is C18H18N2OS. The summed E-state index contributed by atoms with van der Waals surface area (Å²) in [6, 6.07) is 15.5. The zero-order valence-electron chi connectivity index (χ0n) is 12.7. The first-order valence-electron chi connectivity index (χ1n) is 7.46. The van der Waals surface area contributed by atoms with Crippen LogP contribution in [0.15, 0.2) is 53.3 Å². The number of aromatic amines is 1. The fourth-order valence-electron chi connectivity index (χ4n) is 2.58. The van der Waals surface area contributed by atoms with Gasteiger partial charge in [-0.1, -0.05) is 38.1 Å². The van der Waals surface area contributed by atoms with Crippen molar-refractivity contribution in [3.8, 4) is 5.69 Å². The minimum atomic E-state index is -0.0874. The molecule has 0 aliphatic rings. The fourth-order valence-corrected chi connectivity index (χ4v) is 2.88. The maximum absolute atomic E-state index is 12.7. The molecule has 2 aromatic carbocycles. The Morgan fingerprint density at radius 3 is 2.50 bits per heavy atom. The molecule has 0 saturated carbocycles. The molecule has 0 spiro atoms. The minimum absolute atomic E-state index is 0.0874. The molecule has 1 atom stereocenters. The normalized spacial score (nSPS) is 12.5. The number of para-hydroxylation sites is 1. The molecule has 0 saturated heterocycles. The highest BCUT2D eigenvalue weighted by Crippen LogP contribution is 2.20. The predicted molar refractivity (Wildman–Crippen MR) is 93.4 cm³/mol. The Morgan fingerprint density at radius 2 is 1.82 bits per heavy atom. The lowest BCUT2D eigenvalue weighted by atomic mass is 9.98. The van der Waals surface area contributed by atoms with Gasteiger partial charge in [-0.25, -0.2) is 0 Å². The lowest BCUT2D eigenvalue weighted by Crippen LogP contribution is -2.20. The van der Waals surface area contributed by atoms with Crippen molar-refractivity contribution >= 4 is 23.1 Å². The molecule has 0 radical (unpaired) electrons. The molecule has 0 aliphatic heterocycles. The van der Waals surface area contributed by atoms with E-state index in [4.69, 9.17) is 12.2 Å². The second-order valence-corrected chi connectivity index (χ2v) is 5.90. The van der Waals surface area contributed by atoms with Crippen molar-refractivity contribution in [2.45, 2.75) is 26.2 Å². The first-order valence-corrected chi connectivity index (χ1v) is 7.87. The lowest BCUT2D eigenvalue weighted by molar-refractivity contribution is 0.733. The van der Waals surface area contributed by atoms with Crippen LogP contribution in [0.1, 0.15) is 31.7 Å². The molecule has 4 heteroatoms. The van der Waals surface area contributed by atoms with E-state index in [1.165, 1.54) is 5.56 Å². The molecule has 3 aromatic rings. The van der Waals surface area contributed by atoms with Gasteiger partial charge in [-0.15, -0.1) is 0 Å². The summed E-state index contributed by atoms with van der Waals surface area (Å²) in [4.78, 5) is 15.8. The number of benzene rings is 2. The maximum Gasteiger partial charge on any atom is 0.266 e. The van der Waals surface area contributed by atoms with Crippen LogP contribution in [-0.4, -0.2) is 9.55 Å². The van der Waals surface area contributed by atoms with E-state index in [0.29, 0.717) is 16.1 Å². The van der Waals surface area contributed by atoms with E-state index >= 15 is 0 Å². The third kappa shape index (κ3) is 2.50. The summed E-state index contributed by atoms with van der Waals surface area (Å²) in [6.07, 6.45) is 1.09. The summed E-state index contributed by atoms with van der Waals surface area (Å²) in [5.41, 5.74) is 2.75. The first-order chi connectivity index (χ1) is 10.6. The van der Waals surface area contributed by atoms with Gasteiger partial charge in [0, 0.05) is 0 Å². The van der Waals surface area contributed by atoms with Crippen LogP contribution in [0.2, 0.25) is 0 Å². The number of hydrogen-bond donors (Lipinski definition) is 1. The molecule has 1 heterocycles. The zero-order chi connectivity index (χ0) is 15.7. The van der Waals surface area contributed by atoms with Crippen LogP contribution in [0.25, 0.3) is 16.6 Å². The number of nitrogens with zero attached hydrogens (tertiary/aromatic N) is 1. The number of fused-ring (bicyclic) bond motifs is 1. The van der Waals surface area contributed by atoms with Gasteiger partial charge in [0.2, 0.25) is 0 Å². The highest BCUT2D eigenvalue weighted by Gasteiger charge is 2.08. The Hall–Kier alpha value is -2.20. The van der Waals surface area contributed by atoms with Crippen LogP contribution in [-0.2, 0) is 0 Å². The molecule has 0 aliphatic carbocycles. The summed E-state index contributed by atoms with van der Waals surface area (Å²) < 4.78 is 1.97. The third-order valence-corrected chi connectivity index (χ3v) is 4.42. The Bertz CT molecular complexity index is 922. The maximum atomic E-state index is 12.7. The Kier molecular flexibility index (Phi) is 3.94. The summed E-state index contributed by atoms with van der Waals surface area (Å²) >= 11 is 5.36. The van der Waals surface area contributed by atoms with Gasteiger partial charge in [0.05, 0.1) is 16.6 Å². The number of rotatable bonds is 3. The average Bonchev–Trinajstić information content (AvgIpc) is 2.55. The summed E-state index contributed by atoms with van der Waals surface area (Å²) in [5, 5.41) is 0.641. The van der Waals surface area contributed by atoms with Gasteiger partial charge in [0.15, 0.2) is 4.77 Å². The summed E-state index contributed by atoms with van der Waals surface area (Å²) in [6.45, 7) is 4.37. The fraction of sp³-hybridized carbons (Fsp3) is 0.222. The number of aromatic nitrogens is 2. The van der Waals surface area contributed by atoms with Crippen molar-refractivity contribution in [1.82, 2.24) is 9.55 Å². The van der Waals surface area contributed by atoms with E-state index in [2.05, 4.69) is 31.0 Å². The van der Waals surface area contributed by atoms with E-state index in [9.17, 15) is 4.79 Å². The number of nitrogens with one attached hydrogen (secondary N) is 1. The molecule has 0 bridgehead atoms.